The third kappa shape index (κ3) is 23.2. The first-order valence-corrected chi connectivity index (χ1v) is 3.09. The summed E-state index contributed by atoms with van der Waals surface area (Å²) in [6.07, 6.45) is -1.94. The van der Waals surface area contributed by atoms with Crippen LogP contribution in [0.5, 0.6) is 0 Å². The Kier molecular flexibility index (Phi) is 11.1. The van der Waals surface area contributed by atoms with Crippen molar-refractivity contribution in [2.45, 2.75) is 26.4 Å². The largest absolute Gasteiger partial charge is 0.438 e. The Labute approximate surface area is 69.7 Å². The second kappa shape index (κ2) is 9.86. The number of aliphatic hydroxyl groups is 2. The van der Waals surface area contributed by atoms with Gasteiger partial charge in [0.05, 0.1) is 0 Å². The van der Waals surface area contributed by atoms with Crippen LogP contribution in [0.4, 0.5) is 0 Å². The molecule has 0 radical (unpaired) electrons. The molecule has 0 fully saturated rings. The standard InChI is InChI=1S/2C3H6O3/c2*1-3(5)6-2-4/h2*2-3,5H,1H3/t2*3-/m10/s1. The van der Waals surface area contributed by atoms with Crippen LogP contribution in [-0.2, 0) is 19.1 Å². The van der Waals surface area contributed by atoms with E-state index >= 15 is 0 Å². The molecule has 0 saturated heterocycles. The molecule has 2 N–H and O–H groups in total. The van der Waals surface area contributed by atoms with E-state index in [0.717, 1.165) is 0 Å². The highest BCUT2D eigenvalue weighted by Crippen LogP contribution is 1.74. The summed E-state index contributed by atoms with van der Waals surface area (Å²) in [7, 11) is 0. The predicted molar refractivity (Wildman–Crippen MR) is 37.7 cm³/mol. The van der Waals surface area contributed by atoms with Crippen LogP contribution in [0.25, 0.3) is 0 Å². The first kappa shape index (κ1) is 13.4. The molecule has 0 aliphatic carbocycles. The van der Waals surface area contributed by atoms with E-state index in [-0.39, 0.29) is 12.9 Å². The summed E-state index contributed by atoms with van der Waals surface area (Å²) in [6, 6.07) is 0. The molecule has 0 rings (SSSR count). The molecule has 0 aromatic heterocycles. The first-order chi connectivity index (χ1) is 5.54. The fourth-order valence-electron chi connectivity index (χ4n) is 0.161. The Morgan fingerprint density at radius 3 is 1.25 bits per heavy atom. The van der Waals surface area contributed by atoms with Crippen molar-refractivity contribution in [3.05, 3.63) is 0 Å². The zero-order valence-corrected chi connectivity index (χ0v) is 6.84. The van der Waals surface area contributed by atoms with Gasteiger partial charge >= 0.3 is 0 Å². The van der Waals surface area contributed by atoms with Gasteiger partial charge in [0.25, 0.3) is 12.9 Å². The summed E-state index contributed by atoms with van der Waals surface area (Å²) < 4.78 is 7.83. The highest BCUT2D eigenvalue weighted by Gasteiger charge is 1.85. The minimum Gasteiger partial charge on any atom is -0.438 e. The normalized spacial score (nSPS) is 13.0. The molecule has 0 bridgehead atoms. The van der Waals surface area contributed by atoms with Crippen LogP contribution in [0.2, 0.25) is 0 Å². The molecule has 2 atom stereocenters. The molecule has 0 aliphatic rings. The van der Waals surface area contributed by atoms with E-state index in [2.05, 4.69) is 9.47 Å². The Morgan fingerprint density at radius 2 is 1.25 bits per heavy atom. The molecule has 0 aliphatic heterocycles. The van der Waals surface area contributed by atoms with Gasteiger partial charge in [0.1, 0.15) is 0 Å². The molecule has 6 heteroatoms. The summed E-state index contributed by atoms with van der Waals surface area (Å²) in [5.74, 6) is 0. The summed E-state index contributed by atoms with van der Waals surface area (Å²) >= 11 is 0. The summed E-state index contributed by atoms with van der Waals surface area (Å²) in [6.45, 7) is 3.11. The van der Waals surface area contributed by atoms with Gasteiger partial charge in [-0.1, -0.05) is 0 Å². The highest BCUT2D eigenvalue weighted by molar-refractivity contribution is 5.37. The fourth-order valence-corrected chi connectivity index (χ4v) is 0.161. The van der Waals surface area contributed by atoms with Crippen LogP contribution in [0.1, 0.15) is 13.8 Å². The molecule has 0 spiro atoms. The molecule has 0 heterocycles. The molecule has 0 aromatic rings. The third-order valence-corrected chi connectivity index (χ3v) is 0.505. The summed E-state index contributed by atoms with van der Waals surface area (Å²) in [4.78, 5) is 18.5. The van der Waals surface area contributed by atoms with Crippen LogP contribution in [0, 0.1) is 0 Å². The van der Waals surface area contributed by atoms with Gasteiger partial charge in [0, 0.05) is 0 Å². The van der Waals surface area contributed by atoms with Gasteiger partial charge < -0.3 is 19.7 Å². The van der Waals surface area contributed by atoms with Gasteiger partial charge in [0.15, 0.2) is 12.6 Å². The Hall–Kier alpha value is -1.14. The topological polar surface area (TPSA) is 93.1 Å². The van der Waals surface area contributed by atoms with Crippen molar-refractivity contribution < 1.29 is 29.3 Å². The molecule has 6 nitrogen and oxygen atoms in total. The lowest BCUT2D eigenvalue weighted by Gasteiger charge is -1.95. The average molecular weight is 180 g/mol. The number of hydrogen-bond donors (Lipinski definition) is 2. The van der Waals surface area contributed by atoms with E-state index in [0.29, 0.717) is 0 Å². The maximum absolute atomic E-state index is 9.23. The van der Waals surface area contributed by atoms with E-state index in [9.17, 15) is 9.59 Å². The molecule has 0 amide bonds. The van der Waals surface area contributed by atoms with E-state index < -0.39 is 12.6 Å². The third-order valence-electron chi connectivity index (χ3n) is 0.505. The maximum atomic E-state index is 9.23. The number of hydrogen-bond acceptors (Lipinski definition) is 6. The molecule has 72 valence electrons. The lowest BCUT2D eigenvalue weighted by molar-refractivity contribution is -0.149. The number of carbonyl (C=O) groups is 2. The first-order valence-electron chi connectivity index (χ1n) is 3.09. The molecule has 0 unspecified atom stereocenters. The van der Waals surface area contributed by atoms with Crippen molar-refractivity contribution in [1.29, 1.82) is 0 Å². The van der Waals surface area contributed by atoms with Crippen molar-refractivity contribution in [1.82, 2.24) is 0 Å². The minimum absolute atomic E-state index is 0.199. The van der Waals surface area contributed by atoms with E-state index in [1.54, 1.807) is 0 Å². The smallest absolute Gasteiger partial charge is 0.295 e. The van der Waals surface area contributed by atoms with Crippen molar-refractivity contribution in [2.75, 3.05) is 0 Å². The molecular weight excluding hydrogens is 168 g/mol. The quantitative estimate of drug-likeness (QED) is 0.425. The van der Waals surface area contributed by atoms with E-state index in [1.807, 2.05) is 0 Å². The van der Waals surface area contributed by atoms with Gasteiger partial charge in [-0.25, -0.2) is 0 Å². The maximum Gasteiger partial charge on any atom is 0.295 e. The lowest BCUT2D eigenvalue weighted by Crippen LogP contribution is -2.02. The van der Waals surface area contributed by atoms with Gasteiger partial charge in [0.2, 0.25) is 0 Å². The molecular formula is C6H12O6. The molecule has 0 aromatic carbocycles. The second-order valence-electron chi connectivity index (χ2n) is 1.66. The predicted octanol–water partition coefficient (Wildman–Crippen LogP) is -1.00. The summed E-state index contributed by atoms with van der Waals surface area (Å²) in [5.41, 5.74) is 0. The Balaban J connectivity index is 0. The lowest BCUT2D eigenvalue weighted by atomic mass is 10.8. The van der Waals surface area contributed by atoms with Crippen LogP contribution in [-0.4, -0.2) is 35.7 Å². The highest BCUT2D eigenvalue weighted by atomic mass is 16.6. The molecule has 0 saturated carbocycles. The average Bonchev–Trinajstić information content (AvgIpc) is 1.87. The van der Waals surface area contributed by atoms with Crippen LogP contribution in [0.15, 0.2) is 0 Å². The number of rotatable bonds is 4. The van der Waals surface area contributed by atoms with Gasteiger partial charge in [-0.2, -0.15) is 0 Å². The zero-order chi connectivity index (χ0) is 9.98. The van der Waals surface area contributed by atoms with Crippen molar-refractivity contribution >= 4 is 12.9 Å². The zero-order valence-electron chi connectivity index (χ0n) is 6.84. The SMILES string of the molecule is C[C@@H](O)OC=O.C[C@H](O)OC=O. The van der Waals surface area contributed by atoms with Gasteiger partial charge in [-0.05, 0) is 13.8 Å². The molecule has 12 heavy (non-hydrogen) atoms. The van der Waals surface area contributed by atoms with E-state index in [1.165, 1.54) is 13.8 Å². The van der Waals surface area contributed by atoms with Crippen molar-refractivity contribution in [2.24, 2.45) is 0 Å². The Morgan fingerprint density at radius 1 is 1.00 bits per heavy atom. The van der Waals surface area contributed by atoms with Gasteiger partial charge in [-0.3, -0.25) is 9.59 Å². The van der Waals surface area contributed by atoms with E-state index in [4.69, 9.17) is 10.2 Å². The monoisotopic (exact) mass is 180 g/mol. The van der Waals surface area contributed by atoms with Gasteiger partial charge in [-0.15, -0.1) is 0 Å². The van der Waals surface area contributed by atoms with Crippen molar-refractivity contribution in [3.63, 3.8) is 0 Å². The van der Waals surface area contributed by atoms with Crippen LogP contribution >= 0.6 is 0 Å². The fraction of sp³-hybridized carbons (Fsp3) is 0.667. The number of ether oxygens (including phenoxy) is 2. The number of aliphatic hydroxyl groups excluding tert-OH is 2. The van der Waals surface area contributed by atoms with Crippen LogP contribution < -0.4 is 0 Å². The van der Waals surface area contributed by atoms with Crippen LogP contribution in [0.3, 0.4) is 0 Å². The van der Waals surface area contributed by atoms with Crippen molar-refractivity contribution in [3.8, 4) is 0 Å². The number of carbonyl (C=O) groups excluding carboxylic acids is 2. The minimum atomic E-state index is -0.970. The Bertz CT molecular complexity index is 96.6. The second-order valence-corrected chi connectivity index (χ2v) is 1.66. The summed E-state index contributed by atoms with van der Waals surface area (Å²) in [5, 5.41) is 16.2.